The Kier molecular flexibility index (Phi) is 5.97. The van der Waals surface area contributed by atoms with Crippen LogP contribution < -0.4 is 15.8 Å². The van der Waals surface area contributed by atoms with Crippen LogP contribution in [0.1, 0.15) is 40.2 Å². The molecule has 0 bridgehead atoms. The smallest absolute Gasteiger partial charge is 0.403 e. The lowest BCUT2D eigenvalue weighted by Crippen LogP contribution is -2.40. The van der Waals surface area contributed by atoms with Crippen LogP contribution in [0, 0.1) is 5.41 Å². The van der Waals surface area contributed by atoms with Crippen molar-refractivity contribution in [2.75, 3.05) is 7.11 Å². The number of amides is 2. The normalized spacial score (nSPS) is 14.8. The standard InChI is InChI=1S/C23H22ClF3N4O3/c1-31-17-10-18(34-2)14(20(28)32)9-16(17)30-19(31)8-13-7-12(3-4-15(13)24)11-29-21(33)22(5-6-22)23(25,26)27/h3-4,7,9-10H,5-6,8,11H2,1-2H3,(H2,28,32)(H,29,33). The number of carbonyl (C=O) groups excluding carboxylic acids is 2. The fourth-order valence-corrected chi connectivity index (χ4v) is 4.13. The van der Waals surface area contributed by atoms with Crippen molar-refractivity contribution in [3.63, 3.8) is 0 Å². The number of methoxy groups -OCH3 is 1. The monoisotopic (exact) mass is 494 g/mol. The molecule has 1 heterocycles. The number of hydrogen-bond donors (Lipinski definition) is 2. The van der Waals surface area contributed by atoms with E-state index in [1.54, 1.807) is 37.4 Å². The minimum atomic E-state index is -4.56. The minimum Gasteiger partial charge on any atom is -0.496 e. The van der Waals surface area contributed by atoms with Crippen molar-refractivity contribution in [3.8, 4) is 5.75 Å². The number of carbonyl (C=O) groups is 2. The van der Waals surface area contributed by atoms with Gasteiger partial charge in [-0.15, -0.1) is 0 Å². The van der Waals surface area contributed by atoms with Crippen LogP contribution in [-0.2, 0) is 24.8 Å². The lowest BCUT2D eigenvalue weighted by Gasteiger charge is -2.18. The van der Waals surface area contributed by atoms with E-state index in [4.69, 9.17) is 22.1 Å². The highest BCUT2D eigenvalue weighted by atomic mass is 35.5. The summed E-state index contributed by atoms with van der Waals surface area (Å²) >= 11 is 6.36. The molecule has 1 aliphatic rings. The molecule has 4 rings (SSSR count). The fourth-order valence-electron chi connectivity index (χ4n) is 3.95. The zero-order valence-corrected chi connectivity index (χ0v) is 19.2. The van der Waals surface area contributed by atoms with E-state index in [0.717, 1.165) is 5.52 Å². The Bertz CT molecular complexity index is 1300. The number of halogens is 4. The van der Waals surface area contributed by atoms with Crippen LogP contribution in [0.2, 0.25) is 5.02 Å². The average Bonchev–Trinajstić information content (AvgIpc) is 3.55. The van der Waals surface area contributed by atoms with Crippen LogP contribution in [0.25, 0.3) is 11.0 Å². The Morgan fingerprint density at radius 3 is 2.56 bits per heavy atom. The molecule has 11 heteroatoms. The summed E-state index contributed by atoms with van der Waals surface area (Å²) in [5, 5.41) is 2.85. The predicted molar refractivity (Wildman–Crippen MR) is 120 cm³/mol. The number of nitrogens with zero attached hydrogens (tertiary/aromatic N) is 2. The molecule has 3 aromatic rings. The number of hydrogen-bond acceptors (Lipinski definition) is 4. The van der Waals surface area contributed by atoms with Crippen molar-refractivity contribution in [1.82, 2.24) is 14.9 Å². The lowest BCUT2D eigenvalue weighted by molar-refractivity contribution is -0.192. The van der Waals surface area contributed by atoms with Gasteiger partial charge in [-0.1, -0.05) is 23.7 Å². The van der Waals surface area contributed by atoms with Gasteiger partial charge in [-0.3, -0.25) is 9.59 Å². The van der Waals surface area contributed by atoms with Crippen LogP contribution in [-0.4, -0.2) is 34.7 Å². The van der Waals surface area contributed by atoms with Crippen LogP contribution in [0.3, 0.4) is 0 Å². The van der Waals surface area contributed by atoms with Crippen molar-refractivity contribution >= 4 is 34.4 Å². The largest absolute Gasteiger partial charge is 0.496 e. The molecule has 2 aromatic carbocycles. The summed E-state index contributed by atoms with van der Waals surface area (Å²) in [6.45, 7) is -0.0530. The van der Waals surface area contributed by atoms with Gasteiger partial charge in [0.05, 0.1) is 23.7 Å². The van der Waals surface area contributed by atoms with Crippen LogP contribution >= 0.6 is 11.6 Å². The van der Waals surface area contributed by atoms with Crippen molar-refractivity contribution in [3.05, 3.63) is 57.9 Å². The maximum absolute atomic E-state index is 13.2. The van der Waals surface area contributed by atoms with Gasteiger partial charge in [-0.25, -0.2) is 4.98 Å². The number of primary amides is 1. The molecule has 180 valence electrons. The average molecular weight is 495 g/mol. The number of nitrogens with two attached hydrogens (primary N) is 1. The highest BCUT2D eigenvalue weighted by Crippen LogP contribution is 2.57. The predicted octanol–water partition coefficient (Wildman–Crippen LogP) is 3.88. The first kappa shape index (κ1) is 23.9. The van der Waals surface area contributed by atoms with E-state index in [0.29, 0.717) is 39.7 Å². The van der Waals surface area contributed by atoms with E-state index in [1.807, 2.05) is 4.57 Å². The summed E-state index contributed by atoms with van der Waals surface area (Å²) in [7, 11) is 3.24. The summed E-state index contributed by atoms with van der Waals surface area (Å²) < 4.78 is 46.5. The molecular formula is C23H22ClF3N4O3. The van der Waals surface area contributed by atoms with Crippen molar-refractivity contribution in [2.45, 2.75) is 32.0 Å². The van der Waals surface area contributed by atoms with Crippen LogP contribution in [0.4, 0.5) is 13.2 Å². The molecule has 1 fully saturated rings. The molecule has 1 aromatic heterocycles. The third-order valence-electron chi connectivity index (χ3n) is 6.20. The Morgan fingerprint density at radius 1 is 1.26 bits per heavy atom. The Hall–Kier alpha value is -3.27. The maximum Gasteiger partial charge on any atom is 0.403 e. The number of benzene rings is 2. The Balaban J connectivity index is 1.56. The van der Waals surface area contributed by atoms with Gasteiger partial charge in [0.1, 0.15) is 17.0 Å². The van der Waals surface area contributed by atoms with Crippen molar-refractivity contribution in [2.24, 2.45) is 18.2 Å². The van der Waals surface area contributed by atoms with Gasteiger partial charge >= 0.3 is 6.18 Å². The molecule has 7 nitrogen and oxygen atoms in total. The first-order valence-corrected chi connectivity index (χ1v) is 10.8. The SMILES string of the molecule is COc1cc2c(cc1C(N)=O)nc(Cc1cc(CNC(=O)C3(C(F)(F)F)CC3)ccc1Cl)n2C. The summed E-state index contributed by atoms with van der Waals surface area (Å²) in [6, 6.07) is 8.24. The highest BCUT2D eigenvalue weighted by Gasteiger charge is 2.68. The van der Waals surface area contributed by atoms with Gasteiger partial charge in [-0.2, -0.15) is 13.2 Å². The Morgan fingerprint density at radius 2 is 1.97 bits per heavy atom. The zero-order valence-electron chi connectivity index (χ0n) is 18.4. The molecule has 0 saturated heterocycles. The summed E-state index contributed by atoms with van der Waals surface area (Å²) in [4.78, 5) is 28.5. The summed E-state index contributed by atoms with van der Waals surface area (Å²) in [5.41, 5.74) is 5.94. The number of nitrogens with one attached hydrogen (secondary N) is 1. The maximum atomic E-state index is 13.2. The van der Waals surface area contributed by atoms with E-state index in [1.165, 1.54) is 7.11 Å². The number of imidazole rings is 1. The van der Waals surface area contributed by atoms with E-state index >= 15 is 0 Å². The van der Waals surface area contributed by atoms with Gasteiger partial charge < -0.3 is 20.4 Å². The number of fused-ring (bicyclic) bond motifs is 1. The number of aromatic nitrogens is 2. The number of ether oxygens (including phenoxy) is 1. The quantitative estimate of drug-likeness (QED) is 0.520. The Labute approximate surface area is 198 Å². The molecular weight excluding hydrogens is 473 g/mol. The fraction of sp³-hybridized carbons (Fsp3) is 0.348. The highest BCUT2D eigenvalue weighted by molar-refractivity contribution is 6.31. The van der Waals surface area contributed by atoms with Crippen LogP contribution in [0.15, 0.2) is 30.3 Å². The number of rotatable bonds is 7. The van der Waals surface area contributed by atoms with Crippen LogP contribution in [0.5, 0.6) is 5.75 Å². The molecule has 3 N–H and O–H groups in total. The molecule has 0 unspecified atom stereocenters. The molecule has 0 aliphatic heterocycles. The second kappa shape index (κ2) is 8.50. The first-order chi connectivity index (χ1) is 16.0. The van der Waals surface area contributed by atoms with Gasteiger partial charge in [0.2, 0.25) is 5.91 Å². The van der Waals surface area contributed by atoms with Gasteiger partial charge in [-0.05, 0) is 36.1 Å². The van der Waals surface area contributed by atoms with E-state index < -0.39 is 23.4 Å². The minimum absolute atomic E-state index is 0.0530. The van der Waals surface area contributed by atoms with E-state index in [9.17, 15) is 22.8 Å². The van der Waals surface area contributed by atoms with Crippen molar-refractivity contribution < 1.29 is 27.5 Å². The third-order valence-corrected chi connectivity index (χ3v) is 6.57. The topological polar surface area (TPSA) is 99.2 Å². The van der Waals surface area contributed by atoms with E-state index in [-0.39, 0.29) is 24.9 Å². The molecule has 1 saturated carbocycles. The van der Waals surface area contributed by atoms with Gasteiger partial charge in [0.25, 0.3) is 5.91 Å². The first-order valence-electron chi connectivity index (χ1n) is 10.4. The number of aryl methyl sites for hydroxylation is 1. The second-order valence-corrected chi connectivity index (χ2v) is 8.76. The lowest BCUT2D eigenvalue weighted by atomic mass is 10.0. The van der Waals surface area contributed by atoms with Gasteiger partial charge in [0.15, 0.2) is 0 Å². The molecule has 0 radical (unpaired) electrons. The number of alkyl halides is 3. The van der Waals surface area contributed by atoms with Crippen molar-refractivity contribution in [1.29, 1.82) is 0 Å². The second-order valence-electron chi connectivity index (χ2n) is 8.36. The summed E-state index contributed by atoms with van der Waals surface area (Å²) in [6.07, 6.45) is -4.63. The van der Waals surface area contributed by atoms with E-state index in [2.05, 4.69) is 10.3 Å². The van der Waals surface area contributed by atoms with Gasteiger partial charge in [0, 0.05) is 31.1 Å². The molecule has 2 amide bonds. The molecule has 1 aliphatic carbocycles. The summed E-state index contributed by atoms with van der Waals surface area (Å²) in [5.74, 6) is -0.679. The zero-order chi connectivity index (χ0) is 24.8. The third kappa shape index (κ3) is 4.18. The molecule has 34 heavy (non-hydrogen) atoms. The molecule has 0 atom stereocenters. The molecule has 0 spiro atoms.